The van der Waals surface area contributed by atoms with Gasteiger partial charge in [0.25, 0.3) is 5.56 Å². The minimum Gasteiger partial charge on any atom is -0.493 e. The molecule has 1 aromatic heterocycles. The minimum atomic E-state index is -0.781. The molecule has 0 radical (unpaired) electrons. The Labute approximate surface area is 265 Å². The van der Waals surface area contributed by atoms with E-state index in [0.717, 1.165) is 16.9 Å². The molecule has 45 heavy (non-hydrogen) atoms. The third kappa shape index (κ3) is 6.66. The van der Waals surface area contributed by atoms with Gasteiger partial charge in [0.1, 0.15) is 24.7 Å². The number of benzene rings is 3. The SMILES string of the molecule is CCOC(=O)C1=C(C)N=c2s/c(=C\c3ccccc3OCCOc3ccc(C)c(C)c3)c(=O)n2[C@@H]1c1ccc(OC)c(OC)c1. The van der Waals surface area contributed by atoms with Gasteiger partial charge >= 0.3 is 5.97 Å². The number of allylic oxidation sites excluding steroid dienone is 1. The Morgan fingerprint density at radius 2 is 1.67 bits per heavy atom. The molecule has 10 heteroatoms. The van der Waals surface area contributed by atoms with Gasteiger partial charge in [-0.2, -0.15) is 0 Å². The summed E-state index contributed by atoms with van der Waals surface area (Å²) in [6.07, 6.45) is 1.79. The molecule has 234 valence electrons. The van der Waals surface area contributed by atoms with Crippen LogP contribution in [0.5, 0.6) is 23.0 Å². The third-order valence-electron chi connectivity index (χ3n) is 7.53. The zero-order valence-corrected chi connectivity index (χ0v) is 27.0. The molecule has 1 atom stereocenters. The Morgan fingerprint density at radius 1 is 0.911 bits per heavy atom. The average molecular weight is 629 g/mol. The summed E-state index contributed by atoms with van der Waals surface area (Å²) >= 11 is 1.25. The van der Waals surface area contributed by atoms with E-state index in [-0.39, 0.29) is 17.7 Å². The molecule has 9 nitrogen and oxygen atoms in total. The Bertz CT molecular complexity index is 1940. The van der Waals surface area contributed by atoms with E-state index in [1.807, 2.05) is 55.5 Å². The van der Waals surface area contributed by atoms with Crippen LogP contribution in [0.3, 0.4) is 0 Å². The topological polar surface area (TPSA) is 97.6 Å². The number of hydrogen-bond acceptors (Lipinski definition) is 9. The lowest BCUT2D eigenvalue weighted by atomic mass is 9.95. The number of aryl methyl sites for hydroxylation is 2. The van der Waals surface area contributed by atoms with E-state index in [4.69, 9.17) is 23.7 Å². The van der Waals surface area contributed by atoms with Gasteiger partial charge in [0.15, 0.2) is 16.3 Å². The van der Waals surface area contributed by atoms with Crippen LogP contribution in [-0.4, -0.2) is 44.6 Å². The minimum absolute atomic E-state index is 0.186. The van der Waals surface area contributed by atoms with Crippen LogP contribution >= 0.6 is 11.3 Å². The first-order valence-corrected chi connectivity index (χ1v) is 15.4. The number of fused-ring (bicyclic) bond motifs is 1. The number of ether oxygens (including phenoxy) is 5. The van der Waals surface area contributed by atoms with Crippen molar-refractivity contribution >= 4 is 23.4 Å². The van der Waals surface area contributed by atoms with Gasteiger partial charge in [0, 0.05) is 5.56 Å². The van der Waals surface area contributed by atoms with Gasteiger partial charge in [-0.25, -0.2) is 9.79 Å². The van der Waals surface area contributed by atoms with E-state index < -0.39 is 12.0 Å². The monoisotopic (exact) mass is 628 g/mol. The number of thiazole rings is 1. The maximum absolute atomic E-state index is 14.1. The molecule has 1 aliphatic heterocycles. The van der Waals surface area contributed by atoms with Crippen molar-refractivity contribution in [3.05, 3.63) is 114 Å². The molecule has 0 spiro atoms. The van der Waals surface area contributed by atoms with Crippen LogP contribution in [0.2, 0.25) is 0 Å². The van der Waals surface area contributed by atoms with E-state index in [0.29, 0.717) is 51.1 Å². The van der Waals surface area contributed by atoms with Crippen molar-refractivity contribution in [2.24, 2.45) is 4.99 Å². The van der Waals surface area contributed by atoms with E-state index in [9.17, 15) is 9.59 Å². The Balaban J connectivity index is 1.50. The quantitative estimate of drug-likeness (QED) is 0.172. The summed E-state index contributed by atoms with van der Waals surface area (Å²) in [5.41, 5.74) is 4.24. The Hall–Kier alpha value is -4.83. The molecular weight excluding hydrogens is 592 g/mol. The average Bonchev–Trinajstić information content (AvgIpc) is 3.34. The van der Waals surface area contributed by atoms with Gasteiger partial charge in [0.05, 0.1) is 42.7 Å². The molecule has 3 aromatic carbocycles. The van der Waals surface area contributed by atoms with E-state index in [2.05, 4.69) is 11.9 Å². The smallest absolute Gasteiger partial charge is 0.338 e. The van der Waals surface area contributed by atoms with E-state index >= 15 is 0 Å². The van der Waals surface area contributed by atoms with Crippen molar-refractivity contribution in [3.63, 3.8) is 0 Å². The lowest BCUT2D eigenvalue weighted by Gasteiger charge is -2.25. The number of carbonyl (C=O) groups is 1. The first-order valence-electron chi connectivity index (χ1n) is 14.6. The fourth-order valence-electron chi connectivity index (χ4n) is 5.12. The van der Waals surface area contributed by atoms with Gasteiger partial charge in [0.2, 0.25) is 0 Å². The fourth-order valence-corrected chi connectivity index (χ4v) is 6.15. The van der Waals surface area contributed by atoms with Gasteiger partial charge in [-0.15, -0.1) is 0 Å². The van der Waals surface area contributed by atoms with Crippen molar-refractivity contribution in [2.75, 3.05) is 34.0 Å². The summed E-state index contributed by atoms with van der Waals surface area (Å²) in [7, 11) is 3.09. The highest BCUT2D eigenvalue weighted by Crippen LogP contribution is 2.36. The molecule has 0 saturated heterocycles. The van der Waals surface area contributed by atoms with Crippen LogP contribution in [0.4, 0.5) is 0 Å². The summed E-state index contributed by atoms with van der Waals surface area (Å²) in [4.78, 5) is 32.5. The summed E-state index contributed by atoms with van der Waals surface area (Å²) in [6, 6.07) is 18.0. The molecule has 4 aromatic rings. The molecule has 0 amide bonds. The predicted octanol–water partition coefficient (Wildman–Crippen LogP) is 4.89. The van der Waals surface area contributed by atoms with Crippen molar-refractivity contribution in [2.45, 2.75) is 33.7 Å². The molecular formula is C35H36N2O7S. The van der Waals surface area contributed by atoms with Crippen LogP contribution in [0, 0.1) is 13.8 Å². The third-order valence-corrected chi connectivity index (χ3v) is 8.52. The standard InChI is InChI=1S/C35H36N2O7S/c1-7-42-34(39)31-23(4)36-35-37(32(31)25-13-15-28(40-5)29(19-25)41-6)33(38)30(45-35)20-24-10-8-9-11-27(24)44-17-16-43-26-14-12-21(2)22(3)18-26/h8-15,18-20,32H,7,16-17H2,1-6H3/b30-20-/t32-/m1/s1. The maximum Gasteiger partial charge on any atom is 0.338 e. The normalized spacial score (nSPS) is 14.4. The summed E-state index contributed by atoms with van der Waals surface area (Å²) in [5, 5.41) is 0. The second kappa shape index (κ2) is 13.9. The molecule has 5 rings (SSSR count). The molecule has 2 heterocycles. The summed E-state index contributed by atoms with van der Waals surface area (Å²) in [5.74, 6) is 1.88. The predicted molar refractivity (Wildman–Crippen MR) is 173 cm³/mol. The van der Waals surface area contributed by atoms with Gasteiger partial charge in [-0.05, 0) is 80.8 Å². The fraction of sp³-hybridized carbons (Fsp3) is 0.286. The number of rotatable bonds is 11. The number of esters is 1. The summed E-state index contributed by atoms with van der Waals surface area (Å²) in [6.45, 7) is 8.47. The van der Waals surface area contributed by atoms with Crippen LogP contribution in [0.1, 0.15) is 42.1 Å². The lowest BCUT2D eigenvalue weighted by molar-refractivity contribution is -0.139. The first-order chi connectivity index (χ1) is 21.7. The molecule has 0 fully saturated rings. The molecule has 0 saturated carbocycles. The maximum atomic E-state index is 14.1. The van der Waals surface area contributed by atoms with Crippen LogP contribution in [0.25, 0.3) is 6.08 Å². The zero-order valence-electron chi connectivity index (χ0n) is 26.2. The van der Waals surface area contributed by atoms with E-state index in [1.165, 1.54) is 28.6 Å². The Morgan fingerprint density at radius 3 is 2.40 bits per heavy atom. The largest absolute Gasteiger partial charge is 0.493 e. The highest BCUT2D eigenvalue weighted by Gasteiger charge is 2.34. The second-order valence-electron chi connectivity index (χ2n) is 10.4. The van der Waals surface area contributed by atoms with E-state index in [1.54, 1.807) is 39.2 Å². The number of para-hydroxylation sites is 1. The molecule has 0 aliphatic carbocycles. The van der Waals surface area contributed by atoms with Crippen LogP contribution in [0.15, 0.2) is 81.7 Å². The molecule has 0 bridgehead atoms. The number of carbonyl (C=O) groups excluding carboxylic acids is 1. The lowest BCUT2D eigenvalue weighted by Crippen LogP contribution is -2.40. The van der Waals surface area contributed by atoms with Gasteiger partial charge in [-0.3, -0.25) is 9.36 Å². The van der Waals surface area contributed by atoms with Crippen LogP contribution < -0.4 is 33.8 Å². The Kier molecular flexibility index (Phi) is 9.73. The van der Waals surface area contributed by atoms with Gasteiger partial charge in [-0.1, -0.05) is 41.7 Å². The number of methoxy groups -OCH3 is 2. The first kappa shape index (κ1) is 31.6. The van der Waals surface area contributed by atoms with Crippen molar-refractivity contribution in [3.8, 4) is 23.0 Å². The number of aromatic nitrogens is 1. The number of nitrogens with zero attached hydrogens (tertiary/aromatic N) is 2. The molecule has 1 aliphatic rings. The van der Waals surface area contributed by atoms with Crippen LogP contribution in [-0.2, 0) is 9.53 Å². The zero-order chi connectivity index (χ0) is 32.1. The molecule has 0 unspecified atom stereocenters. The highest BCUT2D eigenvalue weighted by molar-refractivity contribution is 7.07. The summed E-state index contributed by atoms with van der Waals surface area (Å²) < 4.78 is 30.3. The van der Waals surface area contributed by atoms with Crippen molar-refractivity contribution in [1.82, 2.24) is 4.57 Å². The van der Waals surface area contributed by atoms with Gasteiger partial charge < -0.3 is 23.7 Å². The second-order valence-corrected chi connectivity index (χ2v) is 11.4. The highest BCUT2D eigenvalue weighted by atomic mass is 32.1. The number of hydrogen-bond donors (Lipinski definition) is 0. The molecule has 0 N–H and O–H groups in total. The van der Waals surface area contributed by atoms with Crippen molar-refractivity contribution in [1.29, 1.82) is 0 Å². The van der Waals surface area contributed by atoms with Crippen molar-refractivity contribution < 1.29 is 28.5 Å².